The Hall–Kier alpha value is -8.06. The minimum Gasteiger partial charge on any atom is -0.309 e. The molecule has 12 rings (SSSR count). The van der Waals surface area contributed by atoms with Crippen LogP contribution in [0.4, 0.5) is 0 Å². The third-order valence-electron chi connectivity index (χ3n) is 12.1. The number of nitriles is 1. The van der Waals surface area contributed by atoms with Crippen LogP contribution in [-0.4, -0.2) is 9.55 Å². The molecule has 0 saturated carbocycles. The van der Waals surface area contributed by atoms with Crippen molar-refractivity contribution in [2.45, 2.75) is 0 Å². The highest BCUT2D eigenvalue weighted by Gasteiger charge is 2.20. The standard InChI is InChI=1S/C56H33N3/c57-34-35-28-39-26-27-40-30-41(31-54-56(40)55(39)53(29-35)59(54)42-14-5-2-6-15-42)36-22-24-37(25-23-36)47-32-48-45-18-9-10-19-46(45)50(33-49(48)44-17-8-7-16-43(44)47)52-21-11-20-51(58-52)38-12-3-1-4-13-38/h1-33H. The fourth-order valence-corrected chi connectivity index (χ4v) is 9.45. The van der Waals surface area contributed by atoms with Crippen LogP contribution in [0, 0.1) is 11.3 Å². The molecule has 0 bridgehead atoms. The van der Waals surface area contributed by atoms with Crippen LogP contribution in [0.15, 0.2) is 200 Å². The monoisotopic (exact) mass is 747 g/mol. The van der Waals surface area contributed by atoms with Crippen LogP contribution in [-0.2, 0) is 0 Å². The van der Waals surface area contributed by atoms with Gasteiger partial charge in [-0.25, -0.2) is 4.98 Å². The number of pyridine rings is 1. The van der Waals surface area contributed by atoms with Gasteiger partial charge in [0.25, 0.3) is 0 Å². The van der Waals surface area contributed by atoms with E-state index in [2.05, 4.69) is 187 Å². The lowest BCUT2D eigenvalue weighted by Crippen LogP contribution is -1.94. The van der Waals surface area contributed by atoms with Crippen LogP contribution < -0.4 is 0 Å². The summed E-state index contributed by atoms with van der Waals surface area (Å²) in [7, 11) is 0. The molecule has 0 aliphatic carbocycles. The van der Waals surface area contributed by atoms with E-state index in [1.54, 1.807) is 0 Å². The lowest BCUT2D eigenvalue weighted by Gasteiger charge is -2.16. The van der Waals surface area contributed by atoms with Crippen molar-refractivity contribution in [1.29, 1.82) is 5.26 Å². The number of rotatable bonds is 5. The van der Waals surface area contributed by atoms with E-state index >= 15 is 0 Å². The van der Waals surface area contributed by atoms with E-state index in [9.17, 15) is 5.26 Å². The van der Waals surface area contributed by atoms with Crippen LogP contribution in [0.3, 0.4) is 0 Å². The minimum atomic E-state index is 0.664. The van der Waals surface area contributed by atoms with Crippen LogP contribution in [0.2, 0.25) is 0 Å². The number of benzene rings is 10. The fourth-order valence-electron chi connectivity index (χ4n) is 9.45. The molecule has 0 saturated heterocycles. The maximum Gasteiger partial charge on any atom is 0.0992 e. The first-order valence-electron chi connectivity index (χ1n) is 20.0. The lowest BCUT2D eigenvalue weighted by molar-refractivity contribution is 1.18. The quantitative estimate of drug-likeness (QED) is 0.165. The van der Waals surface area contributed by atoms with Crippen molar-refractivity contribution in [2.75, 3.05) is 0 Å². The van der Waals surface area contributed by atoms with Gasteiger partial charge in [0.05, 0.1) is 34.1 Å². The molecule has 0 spiro atoms. The molecule has 2 heterocycles. The van der Waals surface area contributed by atoms with Gasteiger partial charge < -0.3 is 4.57 Å². The van der Waals surface area contributed by atoms with Gasteiger partial charge in [-0.15, -0.1) is 0 Å². The summed E-state index contributed by atoms with van der Waals surface area (Å²) in [4.78, 5) is 5.20. The highest BCUT2D eigenvalue weighted by molar-refractivity contribution is 6.26. The van der Waals surface area contributed by atoms with Gasteiger partial charge in [-0.1, -0.05) is 140 Å². The summed E-state index contributed by atoms with van der Waals surface area (Å²) in [6.45, 7) is 0. The SMILES string of the molecule is N#Cc1cc2ccc3cc(-c4ccc(-c5cc6c7ccccc7c(-c7cccc(-c8ccccc8)n7)cc6c6ccccc56)cc4)cc4c3c2c(c1)n4-c1ccccc1. The Bertz CT molecular complexity index is 3650. The molecular weight excluding hydrogens is 715 g/mol. The molecule has 2 aromatic heterocycles. The molecule has 0 N–H and O–H groups in total. The van der Waals surface area contributed by atoms with Gasteiger partial charge in [0.2, 0.25) is 0 Å². The number of hydrogen-bond donors (Lipinski definition) is 0. The van der Waals surface area contributed by atoms with E-state index in [4.69, 9.17) is 4.98 Å². The van der Waals surface area contributed by atoms with Crippen LogP contribution in [0.5, 0.6) is 0 Å². The molecule has 0 aliphatic rings. The molecule has 0 amide bonds. The fraction of sp³-hybridized carbons (Fsp3) is 0. The maximum atomic E-state index is 9.93. The van der Waals surface area contributed by atoms with Gasteiger partial charge >= 0.3 is 0 Å². The molecule has 10 aromatic carbocycles. The Labute approximate surface area is 340 Å². The molecule has 3 heteroatoms. The first-order valence-corrected chi connectivity index (χ1v) is 20.0. The number of nitrogens with zero attached hydrogens (tertiary/aromatic N) is 3. The summed E-state index contributed by atoms with van der Waals surface area (Å²) in [5.74, 6) is 0. The second-order valence-corrected chi connectivity index (χ2v) is 15.4. The van der Waals surface area contributed by atoms with E-state index in [-0.39, 0.29) is 0 Å². The van der Waals surface area contributed by atoms with Crippen molar-refractivity contribution < 1.29 is 0 Å². The molecule has 0 unspecified atom stereocenters. The summed E-state index contributed by atoms with van der Waals surface area (Å²) in [6, 6.07) is 73.9. The smallest absolute Gasteiger partial charge is 0.0992 e. The molecule has 0 aliphatic heterocycles. The first kappa shape index (κ1) is 33.1. The summed E-state index contributed by atoms with van der Waals surface area (Å²) in [6.07, 6.45) is 0. The summed E-state index contributed by atoms with van der Waals surface area (Å²) in [5, 5.41) is 21.9. The average Bonchev–Trinajstić information content (AvgIpc) is 3.65. The zero-order valence-corrected chi connectivity index (χ0v) is 31.9. The van der Waals surface area contributed by atoms with E-state index < -0.39 is 0 Å². The highest BCUT2D eigenvalue weighted by atomic mass is 15.0. The van der Waals surface area contributed by atoms with E-state index in [0.29, 0.717) is 5.56 Å². The van der Waals surface area contributed by atoms with Crippen LogP contribution in [0.25, 0.3) is 115 Å². The van der Waals surface area contributed by atoms with Crippen molar-refractivity contribution in [2.24, 2.45) is 0 Å². The highest BCUT2D eigenvalue weighted by Crippen LogP contribution is 2.44. The molecule has 0 fully saturated rings. The van der Waals surface area contributed by atoms with Crippen LogP contribution >= 0.6 is 0 Å². The summed E-state index contributed by atoms with van der Waals surface area (Å²) in [5.41, 5.74) is 12.8. The molecule has 12 aromatic rings. The Morgan fingerprint density at radius 3 is 1.63 bits per heavy atom. The number of hydrogen-bond acceptors (Lipinski definition) is 2. The van der Waals surface area contributed by atoms with E-state index in [1.807, 2.05) is 24.3 Å². The van der Waals surface area contributed by atoms with Crippen molar-refractivity contribution in [3.8, 4) is 56.5 Å². The topological polar surface area (TPSA) is 41.6 Å². The second-order valence-electron chi connectivity index (χ2n) is 15.4. The number of para-hydroxylation sites is 1. The number of fused-ring (bicyclic) bond motifs is 5. The Morgan fingerprint density at radius 2 is 0.932 bits per heavy atom. The largest absolute Gasteiger partial charge is 0.309 e. The zero-order chi connectivity index (χ0) is 39.0. The van der Waals surface area contributed by atoms with Crippen molar-refractivity contribution in [3.05, 3.63) is 206 Å². The molecular formula is C56H33N3. The Kier molecular flexibility index (Phi) is 7.29. The van der Waals surface area contributed by atoms with E-state index in [1.165, 1.54) is 59.6 Å². The summed E-state index contributed by atoms with van der Waals surface area (Å²) < 4.78 is 2.32. The van der Waals surface area contributed by atoms with E-state index in [0.717, 1.165) is 55.7 Å². The lowest BCUT2D eigenvalue weighted by atomic mass is 9.88. The zero-order valence-electron chi connectivity index (χ0n) is 31.9. The van der Waals surface area contributed by atoms with Crippen LogP contribution in [0.1, 0.15) is 5.56 Å². The summed E-state index contributed by atoms with van der Waals surface area (Å²) >= 11 is 0. The van der Waals surface area contributed by atoms with Crippen molar-refractivity contribution in [3.63, 3.8) is 0 Å². The third kappa shape index (κ3) is 5.17. The average molecular weight is 748 g/mol. The molecule has 272 valence electrons. The molecule has 59 heavy (non-hydrogen) atoms. The maximum absolute atomic E-state index is 9.93. The molecule has 0 radical (unpaired) electrons. The van der Waals surface area contributed by atoms with Gasteiger partial charge in [-0.2, -0.15) is 5.26 Å². The molecule has 3 nitrogen and oxygen atoms in total. The molecule has 0 atom stereocenters. The predicted molar refractivity (Wildman–Crippen MR) is 246 cm³/mol. The Morgan fingerprint density at radius 1 is 0.373 bits per heavy atom. The van der Waals surface area contributed by atoms with Gasteiger partial charge in [0.15, 0.2) is 0 Å². The predicted octanol–water partition coefficient (Wildman–Crippen LogP) is 14.8. The van der Waals surface area contributed by atoms with Crippen molar-refractivity contribution in [1.82, 2.24) is 9.55 Å². The first-order chi connectivity index (χ1) is 29.2. The van der Waals surface area contributed by atoms with Gasteiger partial charge in [0.1, 0.15) is 0 Å². The van der Waals surface area contributed by atoms with Gasteiger partial charge in [-0.3, -0.25) is 0 Å². The Balaban J connectivity index is 1.02. The minimum absolute atomic E-state index is 0.664. The normalized spacial score (nSPS) is 11.7. The number of aromatic nitrogens is 2. The van der Waals surface area contributed by atoms with Gasteiger partial charge in [-0.05, 0) is 126 Å². The van der Waals surface area contributed by atoms with Gasteiger partial charge in [0, 0.05) is 27.6 Å². The van der Waals surface area contributed by atoms with Crippen molar-refractivity contribution >= 4 is 64.9 Å². The third-order valence-corrected chi connectivity index (χ3v) is 12.1. The second kappa shape index (κ2) is 13.0.